The van der Waals surface area contributed by atoms with Crippen molar-refractivity contribution in [1.82, 2.24) is 15.3 Å². The summed E-state index contributed by atoms with van der Waals surface area (Å²) in [4.78, 5) is 23.7. The van der Waals surface area contributed by atoms with Crippen molar-refractivity contribution in [2.45, 2.75) is 18.9 Å². The quantitative estimate of drug-likeness (QED) is 0.630. The van der Waals surface area contributed by atoms with Gasteiger partial charge in [0.1, 0.15) is 6.61 Å². The van der Waals surface area contributed by atoms with Gasteiger partial charge in [0.05, 0.1) is 6.04 Å². The molecule has 0 saturated carbocycles. The number of carbonyl (C=O) groups excluding carboxylic acids is 1. The lowest BCUT2D eigenvalue weighted by atomic mass is 9.95. The lowest BCUT2D eigenvalue weighted by Crippen LogP contribution is -2.43. The van der Waals surface area contributed by atoms with Crippen LogP contribution in [0.3, 0.4) is 0 Å². The number of rotatable bonds is 7. The molecule has 2 heterocycles. The Bertz CT molecular complexity index is 979. The predicted molar refractivity (Wildman–Crippen MR) is 116 cm³/mol. The molecule has 0 spiro atoms. The molecule has 1 aliphatic heterocycles. The number of ether oxygens (including phenoxy) is 1. The fourth-order valence-electron chi connectivity index (χ4n) is 3.73. The monoisotopic (exact) mass is 420 g/mol. The fraction of sp³-hybridized carbons (Fsp3) is 0.292. The summed E-state index contributed by atoms with van der Waals surface area (Å²) in [5.41, 5.74) is 0.919. The lowest BCUT2D eigenvalue weighted by molar-refractivity contribution is -0.126. The first kappa shape index (κ1) is 20.8. The molecular formula is C24H25FN4O2. The number of amides is 1. The maximum Gasteiger partial charge on any atom is 0.225 e. The third-order valence-corrected chi connectivity index (χ3v) is 5.46. The highest BCUT2D eigenvalue weighted by Crippen LogP contribution is 2.23. The summed E-state index contributed by atoms with van der Waals surface area (Å²) in [6, 6.07) is 17.3. The Morgan fingerprint density at radius 3 is 2.42 bits per heavy atom. The van der Waals surface area contributed by atoms with Crippen molar-refractivity contribution in [3.63, 3.8) is 0 Å². The number of nitrogens with one attached hydrogen (secondary N) is 1. The molecule has 7 heteroatoms. The van der Waals surface area contributed by atoms with Crippen LogP contribution in [0.1, 0.15) is 24.4 Å². The van der Waals surface area contributed by atoms with Crippen molar-refractivity contribution < 1.29 is 13.9 Å². The molecular weight excluding hydrogens is 395 g/mol. The first-order valence-corrected chi connectivity index (χ1v) is 10.5. The van der Waals surface area contributed by atoms with Gasteiger partial charge in [-0.15, -0.1) is 0 Å². The van der Waals surface area contributed by atoms with Crippen molar-refractivity contribution in [3.05, 3.63) is 84.4 Å². The number of anilines is 1. The SMILES string of the molecule is O=C(NC(COc1ccccc1F)c1ccccc1)C1CCN(c2ncccn2)CC1. The minimum atomic E-state index is -0.420. The smallest absolute Gasteiger partial charge is 0.225 e. The number of carbonyl (C=O) groups is 1. The minimum Gasteiger partial charge on any atom is -0.488 e. The number of nitrogens with zero attached hydrogens (tertiary/aromatic N) is 3. The van der Waals surface area contributed by atoms with Crippen molar-refractivity contribution in [2.24, 2.45) is 5.92 Å². The van der Waals surface area contributed by atoms with Gasteiger partial charge in [-0.3, -0.25) is 4.79 Å². The predicted octanol–water partition coefficient (Wildman–Crippen LogP) is 3.77. The number of aromatic nitrogens is 2. The zero-order chi connectivity index (χ0) is 21.5. The van der Waals surface area contributed by atoms with Gasteiger partial charge in [0.25, 0.3) is 0 Å². The molecule has 1 aliphatic rings. The molecule has 0 aliphatic carbocycles. The van der Waals surface area contributed by atoms with Crippen LogP contribution in [0.2, 0.25) is 0 Å². The molecule has 31 heavy (non-hydrogen) atoms. The van der Waals surface area contributed by atoms with Gasteiger partial charge in [-0.05, 0) is 36.6 Å². The molecule has 1 amide bonds. The van der Waals surface area contributed by atoms with E-state index in [1.165, 1.54) is 6.07 Å². The molecule has 3 aromatic rings. The Balaban J connectivity index is 1.38. The normalized spacial score (nSPS) is 15.3. The molecule has 1 N–H and O–H groups in total. The van der Waals surface area contributed by atoms with Crippen molar-refractivity contribution in [3.8, 4) is 5.75 Å². The van der Waals surface area contributed by atoms with E-state index in [1.54, 1.807) is 36.7 Å². The first-order valence-electron chi connectivity index (χ1n) is 10.5. The summed E-state index contributed by atoms with van der Waals surface area (Å²) in [6.07, 6.45) is 4.89. The van der Waals surface area contributed by atoms with Crippen LogP contribution in [0, 0.1) is 11.7 Å². The molecule has 2 aromatic carbocycles. The molecule has 1 fully saturated rings. The van der Waals surface area contributed by atoms with Crippen LogP contribution >= 0.6 is 0 Å². The molecule has 1 unspecified atom stereocenters. The Morgan fingerprint density at radius 2 is 1.71 bits per heavy atom. The maximum atomic E-state index is 13.9. The van der Waals surface area contributed by atoms with Crippen molar-refractivity contribution >= 4 is 11.9 Å². The number of para-hydroxylation sites is 1. The highest BCUT2D eigenvalue weighted by Gasteiger charge is 2.28. The van der Waals surface area contributed by atoms with Crippen molar-refractivity contribution in [2.75, 3.05) is 24.6 Å². The van der Waals surface area contributed by atoms with Crippen LogP contribution in [0.4, 0.5) is 10.3 Å². The zero-order valence-corrected chi connectivity index (χ0v) is 17.2. The van der Waals surface area contributed by atoms with Gasteiger partial charge in [-0.25, -0.2) is 14.4 Å². The summed E-state index contributed by atoms with van der Waals surface area (Å²) in [7, 11) is 0. The fourth-order valence-corrected chi connectivity index (χ4v) is 3.73. The first-order chi connectivity index (χ1) is 15.2. The largest absolute Gasteiger partial charge is 0.488 e. The summed E-state index contributed by atoms with van der Waals surface area (Å²) >= 11 is 0. The minimum absolute atomic E-state index is 0.0142. The number of halogens is 1. The second-order valence-corrected chi connectivity index (χ2v) is 7.52. The van der Waals surface area contributed by atoms with E-state index in [4.69, 9.17) is 4.74 Å². The maximum absolute atomic E-state index is 13.9. The van der Waals surface area contributed by atoms with E-state index in [1.807, 2.05) is 30.3 Å². The van der Waals surface area contributed by atoms with Crippen LogP contribution in [-0.4, -0.2) is 35.6 Å². The standard InChI is InChI=1S/C24H25FN4O2/c25-20-9-4-5-10-22(20)31-17-21(18-7-2-1-3-8-18)28-23(30)19-11-15-29(16-12-19)24-26-13-6-14-27-24/h1-10,13-14,19,21H,11-12,15-17H2,(H,28,30). The molecule has 1 atom stereocenters. The van der Waals surface area contributed by atoms with Crippen LogP contribution in [0.5, 0.6) is 5.75 Å². The number of hydrogen-bond donors (Lipinski definition) is 1. The van der Waals surface area contributed by atoms with Gasteiger partial charge < -0.3 is 15.0 Å². The van der Waals surface area contributed by atoms with Gasteiger partial charge in [-0.2, -0.15) is 0 Å². The molecule has 0 radical (unpaired) electrons. The highest BCUT2D eigenvalue weighted by molar-refractivity contribution is 5.79. The highest BCUT2D eigenvalue weighted by atomic mass is 19.1. The van der Waals surface area contributed by atoms with Crippen LogP contribution < -0.4 is 15.0 Å². The van der Waals surface area contributed by atoms with Gasteiger partial charge in [0, 0.05) is 31.4 Å². The van der Waals surface area contributed by atoms with E-state index in [0.717, 1.165) is 31.5 Å². The van der Waals surface area contributed by atoms with Gasteiger partial charge >= 0.3 is 0 Å². The van der Waals surface area contributed by atoms with E-state index in [2.05, 4.69) is 20.2 Å². The van der Waals surface area contributed by atoms with Crippen molar-refractivity contribution in [1.29, 1.82) is 0 Å². The molecule has 4 rings (SSSR count). The molecule has 1 saturated heterocycles. The summed E-state index contributed by atoms with van der Waals surface area (Å²) in [6.45, 7) is 1.60. The molecule has 160 valence electrons. The van der Waals surface area contributed by atoms with Crippen LogP contribution in [0.25, 0.3) is 0 Å². The number of piperidine rings is 1. The van der Waals surface area contributed by atoms with E-state index < -0.39 is 5.82 Å². The van der Waals surface area contributed by atoms with Crippen LogP contribution in [0.15, 0.2) is 73.1 Å². The van der Waals surface area contributed by atoms with Crippen LogP contribution in [-0.2, 0) is 4.79 Å². The topological polar surface area (TPSA) is 67.3 Å². The van der Waals surface area contributed by atoms with E-state index in [9.17, 15) is 9.18 Å². The molecule has 0 bridgehead atoms. The van der Waals surface area contributed by atoms with Gasteiger partial charge in [0.15, 0.2) is 11.6 Å². The average Bonchev–Trinajstić information content (AvgIpc) is 2.84. The Morgan fingerprint density at radius 1 is 1.03 bits per heavy atom. The van der Waals surface area contributed by atoms with E-state index >= 15 is 0 Å². The average molecular weight is 420 g/mol. The van der Waals surface area contributed by atoms with Gasteiger partial charge in [0.2, 0.25) is 11.9 Å². The number of benzene rings is 2. The van der Waals surface area contributed by atoms with E-state index in [0.29, 0.717) is 5.95 Å². The summed E-state index contributed by atoms with van der Waals surface area (Å²) in [5, 5.41) is 3.11. The lowest BCUT2D eigenvalue weighted by Gasteiger charge is -2.32. The Hall–Kier alpha value is -3.48. The zero-order valence-electron chi connectivity index (χ0n) is 17.2. The summed E-state index contributed by atoms with van der Waals surface area (Å²) in [5.74, 6) is 0.339. The Kier molecular flexibility index (Phi) is 6.72. The molecule has 6 nitrogen and oxygen atoms in total. The summed E-state index contributed by atoms with van der Waals surface area (Å²) < 4.78 is 19.6. The van der Waals surface area contributed by atoms with E-state index in [-0.39, 0.29) is 30.2 Å². The third-order valence-electron chi connectivity index (χ3n) is 5.46. The third kappa shape index (κ3) is 5.36. The molecule has 1 aromatic heterocycles. The van der Waals surface area contributed by atoms with Gasteiger partial charge in [-0.1, -0.05) is 42.5 Å². The second-order valence-electron chi connectivity index (χ2n) is 7.52. The number of hydrogen-bond acceptors (Lipinski definition) is 5. The Labute approximate surface area is 181 Å². The second kappa shape index (κ2) is 10.0.